The molecular formula is C24H20ClFN2O3. The quantitative estimate of drug-likeness (QED) is 0.529. The summed E-state index contributed by atoms with van der Waals surface area (Å²) in [6, 6.07) is 17.9. The maximum absolute atomic E-state index is 14.7. The van der Waals surface area contributed by atoms with E-state index < -0.39 is 17.8 Å². The Bertz CT molecular complexity index is 1140. The van der Waals surface area contributed by atoms with Crippen LogP contribution < -0.4 is 9.47 Å². The van der Waals surface area contributed by atoms with Crippen LogP contribution in [-0.2, 0) is 0 Å². The van der Waals surface area contributed by atoms with E-state index in [-0.39, 0.29) is 0 Å². The number of hydrazone groups is 1. The molecule has 0 radical (unpaired) electrons. The van der Waals surface area contributed by atoms with Crippen molar-refractivity contribution in [2.75, 3.05) is 14.2 Å². The molecule has 5 nitrogen and oxygen atoms in total. The molecule has 0 fully saturated rings. The van der Waals surface area contributed by atoms with E-state index in [4.69, 9.17) is 21.1 Å². The lowest BCUT2D eigenvalue weighted by atomic mass is 9.97. The summed E-state index contributed by atoms with van der Waals surface area (Å²) in [5, 5.41) is 6.21. The van der Waals surface area contributed by atoms with Gasteiger partial charge in [-0.05, 0) is 30.3 Å². The fourth-order valence-corrected chi connectivity index (χ4v) is 3.81. The van der Waals surface area contributed by atoms with E-state index in [1.165, 1.54) is 11.1 Å². The predicted molar refractivity (Wildman–Crippen MR) is 117 cm³/mol. The van der Waals surface area contributed by atoms with Gasteiger partial charge in [0, 0.05) is 23.6 Å². The molecule has 7 heteroatoms. The van der Waals surface area contributed by atoms with E-state index in [0.29, 0.717) is 39.8 Å². The van der Waals surface area contributed by atoms with Crippen LogP contribution in [-0.4, -0.2) is 30.8 Å². The fraction of sp³-hybridized carbons (Fsp3) is 0.167. The molecule has 0 aromatic heterocycles. The minimum Gasteiger partial charge on any atom is -0.497 e. The zero-order chi connectivity index (χ0) is 22.0. The van der Waals surface area contributed by atoms with Gasteiger partial charge in [0.2, 0.25) is 0 Å². The van der Waals surface area contributed by atoms with Crippen molar-refractivity contribution in [3.8, 4) is 11.5 Å². The lowest BCUT2D eigenvalue weighted by Gasteiger charge is -2.22. The summed E-state index contributed by atoms with van der Waals surface area (Å²) < 4.78 is 25.4. The van der Waals surface area contributed by atoms with Crippen molar-refractivity contribution in [3.05, 3.63) is 94.3 Å². The van der Waals surface area contributed by atoms with Gasteiger partial charge < -0.3 is 9.47 Å². The number of benzene rings is 3. The number of carbonyl (C=O) groups excluding carboxylic acids is 1. The van der Waals surface area contributed by atoms with Crippen molar-refractivity contribution in [1.29, 1.82) is 0 Å². The Hall–Kier alpha value is -3.38. The molecule has 1 aliphatic heterocycles. The van der Waals surface area contributed by atoms with Gasteiger partial charge in [-0.3, -0.25) is 4.79 Å². The van der Waals surface area contributed by atoms with Gasteiger partial charge in [-0.1, -0.05) is 41.9 Å². The number of halogens is 2. The zero-order valence-electron chi connectivity index (χ0n) is 17.0. The van der Waals surface area contributed by atoms with Crippen molar-refractivity contribution >= 4 is 23.2 Å². The average molecular weight is 439 g/mol. The molecule has 0 bridgehead atoms. The van der Waals surface area contributed by atoms with Crippen molar-refractivity contribution in [2.45, 2.75) is 12.5 Å². The molecule has 0 N–H and O–H groups in total. The number of carbonyl (C=O) groups is 1. The molecule has 158 valence electrons. The van der Waals surface area contributed by atoms with Gasteiger partial charge in [0.1, 0.15) is 17.3 Å². The topological polar surface area (TPSA) is 51.1 Å². The van der Waals surface area contributed by atoms with Crippen molar-refractivity contribution in [1.82, 2.24) is 5.01 Å². The molecule has 1 heterocycles. The van der Waals surface area contributed by atoms with Crippen LogP contribution in [0, 0.1) is 5.82 Å². The van der Waals surface area contributed by atoms with Crippen molar-refractivity contribution in [2.24, 2.45) is 5.10 Å². The van der Waals surface area contributed by atoms with E-state index in [1.54, 1.807) is 62.8 Å². The van der Waals surface area contributed by atoms with Crippen LogP contribution in [0.15, 0.2) is 71.8 Å². The third-order valence-electron chi connectivity index (χ3n) is 5.17. The molecule has 1 aliphatic rings. The number of ether oxygens (including phenoxy) is 2. The Morgan fingerprint density at radius 2 is 1.68 bits per heavy atom. The molecule has 1 amide bonds. The van der Waals surface area contributed by atoms with Gasteiger partial charge in [-0.25, -0.2) is 9.40 Å². The average Bonchev–Trinajstić information content (AvgIpc) is 3.24. The van der Waals surface area contributed by atoms with E-state index >= 15 is 0 Å². The Morgan fingerprint density at radius 1 is 1.03 bits per heavy atom. The number of hydrogen-bond acceptors (Lipinski definition) is 4. The van der Waals surface area contributed by atoms with E-state index in [0.717, 1.165) is 5.56 Å². The van der Waals surface area contributed by atoms with Crippen LogP contribution in [0.3, 0.4) is 0 Å². The Balaban J connectivity index is 1.80. The molecule has 0 saturated heterocycles. The molecule has 3 aromatic carbocycles. The Kier molecular flexibility index (Phi) is 5.91. The Labute approximate surface area is 184 Å². The predicted octanol–water partition coefficient (Wildman–Crippen LogP) is 5.49. The highest BCUT2D eigenvalue weighted by Gasteiger charge is 2.36. The van der Waals surface area contributed by atoms with Crippen LogP contribution >= 0.6 is 11.6 Å². The number of hydrogen-bond donors (Lipinski definition) is 0. The number of rotatable bonds is 5. The molecule has 3 aromatic rings. The van der Waals surface area contributed by atoms with E-state index in [2.05, 4.69) is 5.10 Å². The highest BCUT2D eigenvalue weighted by molar-refractivity contribution is 6.33. The van der Waals surface area contributed by atoms with Gasteiger partial charge in [0.25, 0.3) is 5.91 Å². The smallest absolute Gasteiger partial charge is 0.276 e. The summed E-state index contributed by atoms with van der Waals surface area (Å²) in [7, 11) is 3.12. The molecule has 1 atom stereocenters. The van der Waals surface area contributed by atoms with Gasteiger partial charge in [-0.15, -0.1) is 0 Å². The summed E-state index contributed by atoms with van der Waals surface area (Å²) in [6.07, 6.45) is 0.327. The van der Waals surface area contributed by atoms with Gasteiger partial charge in [-0.2, -0.15) is 5.10 Å². The number of nitrogens with zero attached hydrogens (tertiary/aromatic N) is 2. The number of methoxy groups -OCH3 is 2. The van der Waals surface area contributed by atoms with Gasteiger partial charge >= 0.3 is 0 Å². The summed E-state index contributed by atoms with van der Waals surface area (Å²) in [6.45, 7) is 0. The van der Waals surface area contributed by atoms with Gasteiger partial charge in [0.15, 0.2) is 0 Å². The maximum atomic E-state index is 14.7. The molecule has 0 spiro atoms. The maximum Gasteiger partial charge on any atom is 0.276 e. The first-order chi connectivity index (χ1) is 15.0. The lowest BCUT2D eigenvalue weighted by molar-refractivity contribution is 0.0709. The summed E-state index contributed by atoms with van der Waals surface area (Å²) in [4.78, 5) is 13.3. The first-order valence-electron chi connectivity index (χ1n) is 9.65. The second-order valence-corrected chi connectivity index (χ2v) is 7.43. The second-order valence-electron chi connectivity index (χ2n) is 7.02. The summed E-state index contributed by atoms with van der Waals surface area (Å²) in [5.41, 5.74) is 2.04. The molecule has 31 heavy (non-hydrogen) atoms. The Morgan fingerprint density at radius 3 is 2.32 bits per heavy atom. The molecule has 0 saturated carbocycles. The minimum absolute atomic E-state index is 0.304. The molecule has 0 aliphatic carbocycles. The minimum atomic E-state index is -0.614. The lowest BCUT2D eigenvalue weighted by Crippen LogP contribution is -2.27. The highest BCUT2D eigenvalue weighted by Crippen LogP contribution is 2.37. The fourth-order valence-electron chi connectivity index (χ4n) is 3.59. The SMILES string of the molecule is COc1cc(OC)cc(C2=NN(C(=O)c3ccccc3Cl)[C@H](c3ccccc3F)C2)c1. The monoisotopic (exact) mass is 438 g/mol. The molecule has 4 rings (SSSR count). The summed E-state index contributed by atoms with van der Waals surface area (Å²) >= 11 is 6.25. The normalized spacial score (nSPS) is 15.5. The first-order valence-corrected chi connectivity index (χ1v) is 10.0. The van der Waals surface area contributed by atoms with Crippen molar-refractivity contribution < 1.29 is 18.7 Å². The highest BCUT2D eigenvalue weighted by atomic mass is 35.5. The van der Waals surface area contributed by atoms with Crippen LogP contribution in [0.2, 0.25) is 5.02 Å². The largest absolute Gasteiger partial charge is 0.497 e. The third kappa shape index (κ3) is 4.11. The van der Waals surface area contributed by atoms with Crippen LogP contribution in [0.5, 0.6) is 11.5 Å². The number of amides is 1. The van der Waals surface area contributed by atoms with Crippen molar-refractivity contribution in [3.63, 3.8) is 0 Å². The van der Waals surface area contributed by atoms with Crippen LogP contribution in [0.1, 0.15) is 33.9 Å². The first kappa shape index (κ1) is 20.9. The molecular weight excluding hydrogens is 419 g/mol. The van der Waals surface area contributed by atoms with Crippen LogP contribution in [0.4, 0.5) is 4.39 Å². The molecule has 0 unspecified atom stereocenters. The van der Waals surface area contributed by atoms with E-state index in [9.17, 15) is 9.18 Å². The third-order valence-corrected chi connectivity index (χ3v) is 5.50. The van der Waals surface area contributed by atoms with Gasteiger partial charge in [0.05, 0.1) is 36.6 Å². The second kappa shape index (κ2) is 8.78. The van der Waals surface area contributed by atoms with Crippen LogP contribution in [0.25, 0.3) is 0 Å². The van der Waals surface area contributed by atoms with E-state index in [1.807, 2.05) is 12.1 Å². The standard InChI is InChI=1S/C24H20ClFN2O3/c1-30-16-11-15(12-17(13-16)31-2)22-14-23(19-8-4-6-10-21(19)26)28(27-22)24(29)18-7-3-5-9-20(18)25/h3-13,23H,14H2,1-2H3/t23-/m0/s1. The summed E-state index contributed by atoms with van der Waals surface area (Å²) in [5.74, 6) is 0.388. The zero-order valence-corrected chi connectivity index (χ0v) is 17.8.